The van der Waals surface area contributed by atoms with E-state index >= 15 is 0 Å². The minimum atomic E-state index is -0.855. The highest BCUT2D eigenvalue weighted by Crippen LogP contribution is 2.30. The van der Waals surface area contributed by atoms with E-state index in [1.807, 2.05) is 13.0 Å². The first-order valence-corrected chi connectivity index (χ1v) is 5.76. The smallest absolute Gasteiger partial charge is 0.307 e. The van der Waals surface area contributed by atoms with Crippen LogP contribution >= 0.6 is 11.6 Å². The summed E-state index contributed by atoms with van der Waals surface area (Å²) < 4.78 is 5.83. The first-order valence-electron chi connectivity index (χ1n) is 5.38. The molecule has 1 heterocycles. The highest BCUT2D eigenvalue weighted by Gasteiger charge is 2.41. The van der Waals surface area contributed by atoms with Gasteiger partial charge < -0.3 is 15.2 Å². The molecule has 0 amide bonds. The van der Waals surface area contributed by atoms with E-state index in [1.54, 1.807) is 12.1 Å². The van der Waals surface area contributed by atoms with Crippen LogP contribution in [0.25, 0.3) is 0 Å². The first-order chi connectivity index (χ1) is 8.01. The molecule has 0 aliphatic carbocycles. The fraction of sp³-hybridized carbons (Fsp3) is 0.417. The Balaban J connectivity index is 2.18. The molecule has 2 rings (SSSR count). The van der Waals surface area contributed by atoms with Crippen LogP contribution in [0.5, 0.6) is 5.75 Å². The summed E-state index contributed by atoms with van der Waals surface area (Å²) in [4.78, 5) is 10.8. The van der Waals surface area contributed by atoms with Crippen molar-refractivity contribution >= 4 is 17.6 Å². The average molecular weight is 256 g/mol. The lowest BCUT2D eigenvalue weighted by atomic mass is 9.92. The molecule has 0 bridgehead atoms. The minimum absolute atomic E-state index is 0.00798. The standard InChI is InChI=1S/C12H14ClNO3/c1-8-2-3-9(13)4-10(8)17-12(5-11(15)16)6-14-7-12/h2-4,14H,5-7H2,1H3,(H,15,16). The third kappa shape index (κ3) is 2.70. The van der Waals surface area contributed by atoms with Crippen molar-refractivity contribution in [3.8, 4) is 5.75 Å². The van der Waals surface area contributed by atoms with Gasteiger partial charge >= 0.3 is 5.97 Å². The topological polar surface area (TPSA) is 58.6 Å². The highest BCUT2D eigenvalue weighted by molar-refractivity contribution is 6.30. The summed E-state index contributed by atoms with van der Waals surface area (Å²) in [6.07, 6.45) is -0.00798. The fourth-order valence-electron chi connectivity index (χ4n) is 1.83. The van der Waals surface area contributed by atoms with Crippen LogP contribution in [0.15, 0.2) is 18.2 Å². The number of nitrogens with one attached hydrogen (secondary N) is 1. The second-order valence-corrected chi connectivity index (χ2v) is 4.81. The number of carboxylic acid groups (broad SMARTS) is 1. The molecule has 0 aromatic heterocycles. The molecule has 1 aromatic carbocycles. The number of benzene rings is 1. The van der Waals surface area contributed by atoms with Crippen molar-refractivity contribution < 1.29 is 14.6 Å². The van der Waals surface area contributed by atoms with E-state index in [1.165, 1.54) is 0 Å². The van der Waals surface area contributed by atoms with E-state index in [0.29, 0.717) is 23.9 Å². The Morgan fingerprint density at radius 2 is 2.29 bits per heavy atom. The monoisotopic (exact) mass is 255 g/mol. The summed E-state index contributed by atoms with van der Waals surface area (Å²) in [5.41, 5.74) is 0.312. The molecular weight excluding hydrogens is 242 g/mol. The van der Waals surface area contributed by atoms with E-state index in [2.05, 4.69) is 5.32 Å². The number of aryl methyl sites for hydroxylation is 1. The number of ether oxygens (including phenoxy) is 1. The maximum Gasteiger partial charge on any atom is 0.307 e. The van der Waals surface area contributed by atoms with E-state index in [9.17, 15) is 4.79 Å². The van der Waals surface area contributed by atoms with Gasteiger partial charge in [0.05, 0.1) is 6.42 Å². The Labute approximate surface area is 105 Å². The van der Waals surface area contributed by atoms with E-state index < -0.39 is 11.6 Å². The van der Waals surface area contributed by atoms with Gasteiger partial charge in [0.1, 0.15) is 11.4 Å². The Hall–Kier alpha value is -1.26. The van der Waals surface area contributed by atoms with Gasteiger partial charge in [-0.05, 0) is 24.6 Å². The lowest BCUT2D eigenvalue weighted by Crippen LogP contribution is -2.64. The van der Waals surface area contributed by atoms with Gasteiger partial charge in [0.25, 0.3) is 0 Å². The lowest BCUT2D eigenvalue weighted by Gasteiger charge is -2.41. The van der Waals surface area contributed by atoms with Gasteiger partial charge in [-0.2, -0.15) is 0 Å². The molecular formula is C12H14ClNO3. The van der Waals surface area contributed by atoms with Crippen LogP contribution in [0.4, 0.5) is 0 Å². The maximum absolute atomic E-state index is 10.8. The van der Waals surface area contributed by atoms with Gasteiger partial charge in [0.2, 0.25) is 0 Å². The average Bonchev–Trinajstić information content (AvgIpc) is 2.19. The van der Waals surface area contributed by atoms with E-state index in [-0.39, 0.29) is 6.42 Å². The molecule has 0 spiro atoms. The lowest BCUT2D eigenvalue weighted by molar-refractivity contribution is -0.143. The summed E-state index contributed by atoms with van der Waals surface area (Å²) in [7, 11) is 0. The zero-order chi connectivity index (χ0) is 12.5. The maximum atomic E-state index is 10.8. The quantitative estimate of drug-likeness (QED) is 0.862. The van der Waals surface area contributed by atoms with Crippen LogP contribution in [-0.4, -0.2) is 29.8 Å². The first kappa shape index (κ1) is 12.2. The number of carbonyl (C=O) groups is 1. The molecule has 1 fully saturated rings. The molecule has 0 unspecified atom stereocenters. The summed E-state index contributed by atoms with van der Waals surface area (Å²) in [6.45, 7) is 3.00. The summed E-state index contributed by atoms with van der Waals surface area (Å²) in [5, 5.41) is 12.5. The van der Waals surface area contributed by atoms with Gasteiger partial charge in [-0.25, -0.2) is 0 Å². The summed E-state index contributed by atoms with van der Waals surface area (Å²) in [5.74, 6) is -0.202. The van der Waals surface area contributed by atoms with Gasteiger partial charge in [-0.1, -0.05) is 17.7 Å². The molecule has 5 heteroatoms. The fourth-order valence-corrected chi connectivity index (χ4v) is 1.99. The molecule has 1 aliphatic rings. The van der Waals surface area contributed by atoms with E-state index in [0.717, 1.165) is 5.56 Å². The minimum Gasteiger partial charge on any atom is -0.484 e. The van der Waals surface area contributed by atoms with Gasteiger partial charge in [0, 0.05) is 18.1 Å². The number of aliphatic carboxylic acids is 1. The van der Waals surface area contributed by atoms with Crippen molar-refractivity contribution in [3.63, 3.8) is 0 Å². The van der Waals surface area contributed by atoms with E-state index in [4.69, 9.17) is 21.4 Å². The third-order valence-corrected chi connectivity index (χ3v) is 3.08. The molecule has 0 radical (unpaired) electrons. The van der Waals surface area contributed by atoms with Crippen LogP contribution in [0, 0.1) is 6.92 Å². The second-order valence-electron chi connectivity index (χ2n) is 4.37. The molecule has 0 saturated carbocycles. The Bertz CT molecular complexity index is 443. The van der Waals surface area contributed by atoms with Crippen LogP contribution in [0.2, 0.25) is 5.02 Å². The van der Waals surface area contributed by atoms with Crippen molar-refractivity contribution in [1.82, 2.24) is 5.32 Å². The SMILES string of the molecule is Cc1ccc(Cl)cc1OC1(CC(=O)O)CNC1. The Morgan fingerprint density at radius 1 is 1.59 bits per heavy atom. The van der Waals surface area contributed by atoms with Crippen LogP contribution < -0.4 is 10.1 Å². The molecule has 17 heavy (non-hydrogen) atoms. The van der Waals surface area contributed by atoms with Crippen molar-refractivity contribution in [1.29, 1.82) is 0 Å². The van der Waals surface area contributed by atoms with Crippen molar-refractivity contribution in [3.05, 3.63) is 28.8 Å². The summed E-state index contributed by atoms with van der Waals surface area (Å²) in [6, 6.07) is 5.36. The number of rotatable bonds is 4. The van der Waals surface area contributed by atoms with Crippen molar-refractivity contribution in [2.75, 3.05) is 13.1 Å². The number of halogens is 1. The van der Waals surface area contributed by atoms with Gasteiger partial charge in [-0.15, -0.1) is 0 Å². The largest absolute Gasteiger partial charge is 0.484 e. The van der Waals surface area contributed by atoms with Gasteiger partial charge in [0.15, 0.2) is 0 Å². The normalized spacial score (nSPS) is 17.3. The molecule has 0 atom stereocenters. The predicted molar refractivity (Wildman–Crippen MR) is 64.7 cm³/mol. The molecule has 1 aliphatic heterocycles. The van der Waals surface area contributed by atoms with Crippen molar-refractivity contribution in [2.24, 2.45) is 0 Å². The number of hydrogen-bond donors (Lipinski definition) is 2. The summed E-state index contributed by atoms with van der Waals surface area (Å²) >= 11 is 5.90. The Kier molecular flexibility index (Phi) is 3.26. The molecule has 4 nitrogen and oxygen atoms in total. The van der Waals surface area contributed by atoms with Crippen molar-refractivity contribution in [2.45, 2.75) is 18.9 Å². The Morgan fingerprint density at radius 3 is 2.82 bits per heavy atom. The number of hydrogen-bond acceptors (Lipinski definition) is 3. The second kappa shape index (κ2) is 4.55. The zero-order valence-electron chi connectivity index (χ0n) is 9.50. The van der Waals surface area contributed by atoms with Crippen LogP contribution in [0.1, 0.15) is 12.0 Å². The molecule has 92 valence electrons. The van der Waals surface area contributed by atoms with Crippen LogP contribution in [0.3, 0.4) is 0 Å². The van der Waals surface area contributed by atoms with Gasteiger partial charge in [-0.3, -0.25) is 4.79 Å². The molecule has 1 aromatic rings. The number of carboxylic acids is 1. The molecule has 1 saturated heterocycles. The van der Waals surface area contributed by atoms with Crippen LogP contribution in [-0.2, 0) is 4.79 Å². The predicted octanol–water partition coefficient (Wildman–Crippen LogP) is 1.84. The molecule has 2 N–H and O–H groups in total. The third-order valence-electron chi connectivity index (χ3n) is 2.84. The highest BCUT2D eigenvalue weighted by atomic mass is 35.5. The zero-order valence-corrected chi connectivity index (χ0v) is 10.3.